The average Bonchev–Trinajstić information content (AvgIpc) is 2.45. The second-order valence-corrected chi connectivity index (χ2v) is 5.31. The number of anilines is 1. The van der Waals surface area contributed by atoms with E-state index in [4.69, 9.17) is 16.9 Å². The van der Waals surface area contributed by atoms with Crippen molar-refractivity contribution in [3.63, 3.8) is 0 Å². The number of benzene rings is 1. The minimum absolute atomic E-state index is 0.0464. The Kier molecular flexibility index (Phi) is 4.60. The molecule has 0 spiro atoms. The van der Waals surface area contributed by atoms with Crippen LogP contribution in [0.15, 0.2) is 42.5 Å². The molecule has 1 atom stereocenters. The molecule has 1 aromatic heterocycles. The van der Waals surface area contributed by atoms with Gasteiger partial charge in [-0.2, -0.15) is 5.26 Å². The standard InChI is InChI=1S/C16H16ClN3/c1-11(2)16(13-7-3-4-8-14(13)17)20-15-9-5-6-12(10-18)19-15/h3-9,11,16H,1-2H3,(H,19,20). The van der Waals surface area contributed by atoms with Crippen molar-refractivity contribution in [3.8, 4) is 6.07 Å². The third kappa shape index (κ3) is 3.28. The van der Waals surface area contributed by atoms with Crippen molar-refractivity contribution in [2.45, 2.75) is 19.9 Å². The maximum Gasteiger partial charge on any atom is 0.142 e. The molecule has 1 heterocycles. The lowest BCUT2D eigenvalue weighted by Crippen LogP contribution is -2.18. The van der Waals surface area contributed by atoms with E-state index in [9.17, 15) is 0 Å². The molecule has 3 nitrogen and oxygen atoms in total. The fourth-order valence-corrected chi connectivity index (χ4v) is 2.32. The van der Waals surface area contributed by atoms with E-state index in [2.05, 4.69) is 24.1 Å². The average molecular weight is 286 g/mol. The van der Waals surface area contributed by atoms with Gasteiger partial charge in [0.15, 0.2) is 0 Å². The topological polar surface area (TPSA) is 48.7 Å². The Morgan fingerprint density at radius 3 is 2.55 bits per heavy atom. The van der Waals surface area contributed by atoms with Crippen LogP contribution < -0.4 is 5.32 Å². The van der Waals surface area contributed by atoms with Crippen LogP contribution in [-0.2, 0) is 0 Å². The minimum Gasteiger partial charge on any atom is -0.363 e. The lowest BCUT2D eigenvalue weighted by Gasteiger charge is -2.24. The number of rotatable bonds is 4. The van der Waals surface area contributed by atoms with Crippen LogP contribution >= 0.6 is 11.6 Å². The number of hydrogen-bond donors (Lipinski definition) is 1. The molecule has 0 saturated carbocycles. The van der Waals surface area contributed by atoms with Crippen molar-refractivity contribution in [1.29, 1.82) is 5.26 Å². The normalized spacial score (nSPS) is 11.9. The Morgan fingerprint density at radius 1 is 1.15 bits per heavy atom. The van der Waals surface area contributed by atoms with Gasteiger partial charge in [0, 0.05) is 5.02 Å². The summed E-state index contributed by atoms with van der Waals surface area (Å²) in [5, 5.41) is 13.0. The highest BCUT2D eigenvalue weighted by atomic mass is 35.5. The Labute approximate surface area is 124 Å². The maximum absolute atomic E-state index is 8.91. The van der Waals surface area contributed by atoms with Crippen LogP contribution in [0.1, 0.15) is 31.1 Å². The molecular formula is C16H16ClN3. The summed E-state index contributed by atoms with van der Waals surface area (Å²) in [4.78, 5) is 4.25. The molecule has 0 fully saturated rings. The number of nitrogens with zero attached hydrogens (tertiary/aromatic N) is 2. The first-order chi connectivity index (χ1) is 9.61. The predicted octanol–water partition coefficient (Wildman–Crippen LogP) is 4.42. The molecule has 1 N–H and O–H groups in total. The largest absolute Gasteiger partial charge is 0.363 e. The molecular weight excluding hydrogens is 270 g/mol. The van der Waals surface area contributed by atoms with E-state index in [0.717, 1.165) is 10.6 Å². The number of nitriles is 1. The maximum atomic E-state index is 8.91. The summed E-state index contributed by atoms with van der Waals surface area (Å²) in [7, 11) is 0. The van der Waals surface area contributed by atoms with Gasteiger partial charge >= 0.3 is 0 Å². The van der Waals surface area contributed by atoms with Crippen molar-refractivity contribution in [3.05, 3.63) is 58.7 Å². The summed E-state index contributed by atoms with van der Waals surface area (Å²) in [6.07, 6.45) is 0. The van der Waals surface area contributed by atoms with E-state index in [-0.39, 0.29) is 6.04 Å². The van der Waals surface area contributed by atoms with Crippen molar-refractivity contribution in [2.75, 3.05) is 5.32 Å². The predicted molar refractivity (Wildman–Crippen MR) is 81.6 cm³/mol. The highest BCUT2D eigenvalue weighted by molar-refractivity contribution is 6.31. The van der Waals surface area contributed by atoms with Crippen molar-refractivity contribution >= 4 is 17.4 Å². The first-order valence-electron chi connectivity index (χ1n) is 6.50. The molecule has 1 unspecified atom stereocenters. The van der Waals surface area contributed by atoms with Crippen molar-refractivity contribution in [2.24, 2.45) is 5.92 Å². The smallest absolute Gasteiger partial charge is 0.142 e. The first-order valence-corrected chi connectivity index (χ1v) is 6.87. The van der Waals surface area contributed by atoms with Gasteiger partial charge in [-0.25, -0.2) is 4.98 Å². The summed E-state index contributed by atoms with van der Waals surface area (Å²) >= 11 is 6.28. The summed E-state index contributed by atoms with van der Waals surface area (Å²) < 4.78 is 0. The van der Waals surface area contributed by atoms with Crippen LogP contribution in [0, 0.1) is 17.2 Å². The zero-order valence-corrected chi connectivity index (χ0v) is 12.2. The zero-order valence-electron chi connectivity index (χ0n) is 11.5. The highest BCUT2D eigenvalue weighted by Crippen LogP contribution is 2.30. The van der Waals surface area contributed by atoms with Crippen molar-refractivity contribution < 1.29 is 0 Å². The molecule has 1 aromatic carbocycles. The van der Waals surface area contributed by atoms with E-state index in [0.29, 0.717) is 17.4 Å². The first kappa shape index (κ1) is 14.4. The summed E-state index contributed by atoms with van der Waals surface area (Å²) in [5.74, 6) is 1.02. The van der Waals surface area contributed by atoms with Crippen LogP contribution in [0.25, 0.3) is 0 Å². The molecule has 4 heteroatoms. The fraction of sp³-hybridized carbons (Fsp3) is 0.250. The molecule has 0 aliphatic heterocycles. The van der Waals surface area contributed by atoms with Crippen LogP contribution in [0.4, 0.5) is 5.82 Å². The van der Waals surface area contributed by atoms with E-state index in [1.54, 1.807) is 6.07 Å². The lowest BCUT2D eigenvalue weighted by molar-refractivity contribution is 0.545. The Bertz CT molecular complexity index is 632. The van der Waals surface area contributed by atoms with Gasteiger partial charge in [0.05, 0.1) is 6.04 Å². The quantitative estimate of drug-likeness (QED) is 0.905. The van der Waals surface area contributed by atoms with E-state index in [1.807, 2.05) is 42.5 Å². The lowest BCUT2D eigenvalue weighted by atomic mass is 9.96. The summed E-state index contributed by atoms with van der Waals surface area (Å²) in [5.41, 5.74) is 1.44. The number of halogens is 1. The Hall–Kier alpha value is -2.05. The van der Waals surface area contributed by atoms with Gasteiger partial charge in [-0.3, -0.25) is 0 Å². The van der Waals surface area contributed by atoms with Gasteiger partial charge in [0.25, 0.3) is 0 Å². The molecule has 0 aliphatic carbocycles. The second-order valence-electron chi connectivity index (χ2n) is 4.91. The second kappa shape index (κ2) is 6.40. The minimum atomic E-state index is 0.0464. The summed E-state index contributed by atoms with van der Waals surface area (Å²) in [6.45, 7) is 4.24. The molecule has 2 aromatic rings. The molecule has 0 amide bonds. The van der Waals surface area contributed by atoms with E-state index >= 15 is 0 Å². The van der Waals surface area contributed by atoms with Gasteiger partial charge in [0.1, 0.15) is 17.6 Å². The molecule has 2 rings (SSSR count). The van der Waals surface area contributed by atoms with Crippen LogP contribution in [-0.4, -0.2) is 4.98 Å². The fourth-order valence-electron chi connectivity index (χ4n) is 2.07. The third-order valence-electron chi connectivity index (χ3n) is 3.07. The monoisotopic (exact) mass is 285 g/mol. The SMILES string of the molecule is CC(C)C(Nc1cccc(C#N)n1)c1ccccc1Cl. The van der Waals surface area contributed by atoms with Gasteiger partial charge in [0.2, 0.25) is 0 Å². The van der Waals surface area contributed by atoms with Gasteiger partial charge in [-0.05, 0) is 29.7 Å². The number of hydrogen-bond acceptors (Lipinski definition) is 3. The molecule has 0 radical (unpaired) electrons. The zero-order chi connectivity index (χ0) is 14.5. The molecule has 20 heavy (non-hydrogen) atoms. The van der Waals surface area contributed by atoms with Gasteiger partial charge < -0.3 is 5.32 Å². The number of nitrogens with one attached hydrogen (secondary N) is 1. The Morgan fingerprint density at radius 2 is 1.90 bits per heavy atom. The Balaban J connectivity index is 2.31. The van der Waals surface area contributed by atoms with Crippen LogP contribution in [0.2, 0.25) is 5.02 Å². The summed E-state index contributed by atoms with van der Waals surface area (Å²) in [6, 6.07) is 15.2. The van der Waals surface area contributed by atoms with Gasteiger partial charge in [-0.1, -0.05) is 49.7 Å². The van der Waals surface area contributed by atoms with Crippen molar-refractivity contribution in [1.82, 2.24) is 4.98 Å². The molecule has 102 valence electrons. The van der Waals surface area contributed by atoms with Crippen LogP contribution in [0.3, 0.4) is 0 Å². The number of aromatic nitrogens is 1. The van der Waals surface area contributed by atoms with Crippen LogP contribution in [0.5, 0.6) is 0 Å². The highest BCUT2D eigenvalue weighted by Gasteiger charge is 2.18. The van der Waals surface area contributed by atoms with E-state index < -0.39 is 0 Å². The van der Waals surface area contributed by atoms with Gasteiger partial charge in [-0.15, -0.1) is 0 Å². The molecule has 0 bridgehead atoms. The van der Waals surface area contributed by atoms with E-state index in [1.165, 1.54) is 0 Å². The molecule has 0 saturated heterocycles. The number of pyridine rings is 1. The third-order valence-corrected chi connectivity index (χ3v) is 3.42. The molecule has 0 aliphatic rings.